The number of nitrogens with one attached hydrogen (secondary N) is 1. The summed E-state index contributed by atoms with van der Waals surface area (Å²) in [6, 6.07) is 15.7. The summed E-state index contributed by atoms with van der Waals surface area (Å²) >= 11 is 0. The van der Waals surface area contributed by atoms with Gasteiger partial charge in [0.05, 0.1) is 13.2 Å². The highest BCUT2D eigenvalue weighted by molar-refractivity contribution is 5.91. The third-order valence-corrected chi connectivity index (χ3v) is 4.29. The first-order chi connectivity index (χ1) is 12.3. The van der Waals surface area contributed by atoms with Crippen LogP contribution in [0.3, 0.4) is 0 Å². The number of para-hydroxylation sites is 1. The van der Waals surface area contributed by atoms with Gasteiger partial charge in [0.25, 0.3) is 0 Å². The molecule has 0 radical (unpaired) electrons. The highest BCUT2D eigenvalue weighted by atomic mass is 16.5. The van der Waals surface area contributed by atoms with Crippen molar-refractivity contribution >= 4 is 22.5 Å². The number of benzene rings is 2. The Morgan fingerprint density at radius 3 is 2.80 bits per heavy atom. The number of carbonyl (C=O) groups excluding carboxylic acids is 1. The Hall–Kier alpha value is -2.95. The van der Waals surface area contributed by atoms with Gasteiger partial charge in [0.15, 0.2) is 11.5 Å². The fraction of sp³-hybridized carbons (Fsp3) is 0.250. The molecular formula is C20H20N2O3. The molecule has 0 atom stereocenters. The summed E-state index contributed by atoms with van der Waals surface area (Å²) < 4.78 is 13.4. The zero-order chi connectivity index (χ0) is 17.1. The Balaban J connectivity index is 1.40. The summed E-state index contributed by atoms with van der Waals surface area (Å²) in [5.41, 5.74) is 1.87. The molecule has 2 aromatic carbocycles. The van der Waals surface area contributed by atoms with Crippen LogP contribution in [0.2, 0.25) is 0 Å². The predicted octanol–water partition coefficient (Wildman–Crippen LogP) is 3.83. The minimum atomic E-state index is -0.0210. The van der Waals surface area contributed by atoms with E-state index in [1.807, 2.05) is 36.5 Å². The molecule has 25 heavy (non-hydrogen) atoms. The van der Waals surface area contributed by atoms with E-state index in [9.17, 15) is 4.79 Å². The van der Waals surface area contributed by atoms with Gasteiger partial charge in [0, 0.05) is 42.9 Å². The quantitative estimate of drug-likeness (QED) is 0.788. The van der Waals surface area contributed by atoms with Crippen LogP contribution in [-0.4, -0.2) is 23.7 Å². The van der Waals surface area contributed by atoms with Crippen LogP contribution in [0, 0.1) is 0 Å². The molecular weight excluding hydrogens is 316 g/mol. The minimum Gasteiger partial charge on any atom is -0.490 e. The van der Waals surface area contributed by atoms with E-state index in [4.69, 9.17) is 9.47 Å². The van der Waals surface area contributed by atoms with Gasteiger partial charge >= 0.3 is 0 Å². The molecule has 0 aliphatic carbocycles. The van der Waals surface area contributed by atoms with Crippen molar-refractivity contribution in [1.29, 1.82) is 0 Å². The normalized spacial score (nSPS) is 13.4. The van der Waals surface area contributed by atoms with Crippen molar-refractivity contribution in [3.8, 4) is 11.5 Å². The van der Waals surface area contributed by atoms with Gasteiger partial charge in [-0.3, -0.25) is 4.79 Å². The highest BCUT2D eigenvalue weighted by Crippen LogP contribution is 2.32. The number of aryl methyl sites for hydroxylation is 1. The lowest BCUT2D eigenvalue weighted by atomic mass is 10.2. The van der Waals surface area contributed by atoms with Gasteiger partial charge in [-0.2, -0.15) is 0 Å². The molecule has 0 bridgehead atoms. The maximum Gasteiger partial charge on any atom is 0.226 e. The van der Waals surface area contributed by atoms with Crippen molar-refractivity contribution < 1.29 is 14.3 Å². The minimum absolute atomic E-state index is 0.0210. The van der Waals surface area contributed by atoms with Crippen LogP contribution in [0.1, 0.15) is 12.8 Å². The standard InChI is InChI=1S/C20H20N2O3/c23-20(9-11-22-10-8-15-4-1-2-5-17(15)22)21-16-6-7-18-19(14-16)25-13-3-12-24-18/h1-2,4-8,10,14H,3,9,11-13H2,(H,21,23). The Labute approximate surface area is 146 Å². The van der Waals surface area contributed by atoms with Crippen molar-refractivity contribution in [1.82, 2.24) is 4.57 Å². The molecule has 1 aliphatic rings. The topological polar surface area (TPSA) is 52.5 Å². The number of ether oxygens (including phenoxy) is 2. The second kappa shape index (κ2) is 6.89. The van der Waals surface area contributed by atoms with E-state index in [1.54, 1.807) is 0 Å². The lowest BCUT2D eigenvalue weighted by molar-refractivity contribution is -0.116. The van der Waals surface area contributed by atoms with Gasteiger partial charge in [-0.1, -0.05) is 18.2 Å². The third-order valence-electron chi connectivity index (χ3n) is 4.29. The fourth-order valence-corrected chi connectivity index (χ4v) is 3.02. The van der Waals surface area contributed by atoms with Gasteiger partial charge in [-0.05, 0) is 29.7 Å². The van der Waals surface area contributed by atoms with Crippen LogP contribution in [0.15, 0.2) is 54.7 Å². The summed E-state index contributed by atoms with van der Waals surface area (Å²) in [5, 5.41) is 4.12. The van der Waals surface area contributed by atoms with E-state index < -0.39 is 0 Å². The maximum absolute atomic E-state index is 12.3. The second-order valence-corrected chi connectivity index (χ2v) is 6.08. The van der Waals surface area contributed by atoms with Crippen LogP contribution in [0.4, 0.5) is 5.69 Å². The number of aromatic nitrogens is 1. The summed E-state index contributed by atoms with van der Waals surface area (Å²) in [6.07, 6.45) is 3.29. The molecule has 0 spiro atoms. The predicted molar refractivity (Wildman–Crippen MR) is 97.2 cm³/mol. The van der Waals surface area contributed by atoms with E-state index >= 15 is 0 Å². The molecule has 5 heteroatoms. The van der Waals surface area contributed by atoms with Crippen LogP contribution in [0.25, 0.3) is 10.9 Å². The van der Waals surface area contributed by atoms with Gasteiger partial charge in [-0.15, -0.1) is 0 Å². The van der Waals surface area contributed by atoms with Crippen molar-refractivity contribution in [2.45, 2.75) is 19.4 Å². The van der Waals surface area contributed by atoms with Crippen molar-refractivity contribution in [2.75, 3.05) is 18.5 Å². The molecule has 1 aromatic heterocycles. The SMILES string of the molecule is O=C(CCn1ccc2ccccc21)Nc1ccc2c(c1)OCCCO2. The summed E-state index contributed by atoms with van der Waals surface area (Å²) in [4.78, 5) is 12.3. The first-order valence-corrected chi connectivity index (χ1v) is 8.53. The Kier molecular flexibility index (Phi) is 4.29. The number of hydrogen-bond donors (Lipinski definition) is 1. The highest BCUT2D eigenvalue weighted by Gasteiger charge is 2.12. The van der Waals surface area contributed by atoms with Crippen LogP contribution in [0.5, 0.6) is 11.5 Å². The zero-order valence-electron chi connectivity index (χ0n) is 13.9. The molecule has 3 aromatic rings. The van der Waals surface area contributed by atoms with Crippen molar-refractivity contribution in [3.63, 3.8) is 0 Å². The maximum atomic E-state index is 12.3. The van der Waals surface area contributed by atoms with E-state index in [-0.39, 0.29) is 5.91 Å². The van der Waals surface area contributed by atoms with Crippen molar-refractivity contribution in [2.24, 2.45) is 0 Å². The Bertz CT molecular complexity index is 901. The smallest absolute Gasteiger partial charge is 0.226 e. The van der Waals surface area contributed by atoms with E-state index in [1.165, 1.54) is 5.39 Å². The number of fused-ring (bicyclic) bond motifs is 2. The number of hydrogen-bond acceptors (Lipinski definition) is 3. The number of rotatable bonds is 4. The van der Waals surface area contributed by atoms with E-state index in [0.717, 1.165) is 23.4 Å². The Morgan fingerprint density at radius 2 is 1.88 bits per heavy atom. The van der Waals surface area contributed by atoms with Crippen molar-refractivity contribution in [3.05, 3.63) is 54.7 Å². The average molecular weight is 336 g/mol. The van der Waals surface area contributed by atoms with Gasteiger partial charge in [-0.25, -0.2) is 0 Å². The number of nitrogens with zero attached hydrogens (tertiary/aromatic N) is 1. The molecule has 4 rings (SSSR count). The molecule has 128 valence electrons. The number of anilines is 1. The zero-order valence-corrected chi connectivity index (χ0v) is 13.9. The van der Waals surface area contributed by atoms with Crippen LogP contribution >= 0.6 is 0 Å². The first kappa shape index (κ1) is 15.6. The number of amides is 1. The molecule has 1 aliphatic heterocycles. The summed E-state index contributed by atoms with van der Waals surface area (Å²) in [6.45, 7) is 1.93. The van der Waals surface area contributed by atoms with Gasteiger partial charge in [0.1, 0.15) is 0 Å². The van der Waals surface area contributed by atoms with Crippen LogP contribution in [-0.2, 0) is 11.3 Å². The average Bonchev–Trinajstić information content (AvgIpc) is 2.89. The summed E-state index contributed by atoms with van der Waals surface area (Å²) in [7, 11) is 0. The largest absolute Gasteiger partial charge is 0.490 e. The monoisotopic (exact) mass is 336 g/mol. The molecule has 2 heterocycles. The van der Waals surface area contributed by atoms with E-state index in [2.05, 4.69) is 28.1 Å². The van der Waals surface area contributed by atoms with Gasteiger partial charge in [0.2, 0.25) is 5.91 Å². The molecule has 1 amide bonds. The number of carbonyl (C=O) groups is 1. The summed E-state index contributed by atoms with van der Waals surface area (Å²) in [5.74, 6) is 1.40. The molecule has 0 fully saturated rings. The van der Waals surface area contributed by atoms with E-state index in [0.29, 0.717) is 31.9 Å². The third kappa shape index (κ3) is 3.45. The first-order valence-electron chi connectivity index (χ1n) is 8.53. The van der Waals surface area contributed by atoms with Gasteiger partial charge < -0.3 is 19.4 Å². The lowest BCUT2D eigenvalue weighted by Gasteiger charge is -2.11. The molecule has 0 unspecified atom stereocenters. The molecule has 5 nitrogen and oxygen atoms in total. The fourth-order valence-electron chi connectivity index (χ4n) is 3.02. The Morgan fingerprint density at radius 1 is 1.04 bits per heavy atom. The molecule has 0 saturated heterocycles. The molecule has 1 N–H and O–H groups in total. The molecule has 0 saturated carbocycles. The lowest BCUT2D eigenvalue weighted by Crippen LogP contribution is -2.14. The second-order valence-electron chi connectivity index (χ2n) is 6.08. The van der Waals surface area contributed by atoms with Crippen LogP contribution < -0.4 is 14.8 Å².